The summed E-state index contributed by atoms with van der Waals surface area (Å²) < 4.78 is 5.98. The summed E-state index contributed by atoms with van der Waals surface area (Å²) in [6.07, 6.45) is 3.30. The van der Waals surface area contributed by atoms with E-state index < -0.39 is 6.04 Å². The van der Waals surface area contributed by atoms with Crippen molar-refractivity contribution >= 4 is 44.9 Å². The molecule has 4 aromatic rings. The Hall–Kier alpha value is -3.03. The van der Waals surface area contributed by atoms with Crippen LogP contribution >= 0.6 is 22.9 Å². The van der Waals surface area contributed by atoms with Gasteiger partial charge in [0.05, 0.1) is 22.7 Å². The van der Waals surface area contributed by atoms with Crippen LogP contribution in [0.3, 0.4) is 0 Å². The third-order valence-electron chi connectivity index (χ3n) is 5.37. The van der Waals surface area contributed by atoms with E-state index in [2.05, 4.69) is 9.97 Å². The van der Waals surface area contributed by atoms with Crippen LogP contribution in [0, 0.1) is 20.8 Å². The monoisotopic (exact) mass is 437 g/mol. The number of pyridine rings is 1. The van der Waals surface area contributed by atoms with Crippen molar-refractivity contribution in [1.29, 1.82) is 0 Å². The van der Waals surface area contributed by atoms with Crippen molar-refractivity contribution in [3.63, 3.8) is 0 Å². The van der Waals surface area contributed by atoms with Crippen LogP contribution in [-0.2, 0) is 0 Å². The van der Waals surface area contributed by atoms with Gasteiger partial charge in [0.25, 0.3) is 5.91 Å². The predicted molar refractivity (Wildman–Crippen MR) is 117 cm³/mol. The molecular weight excluding hydrogens is 422 g/mol. The molecule has 0 saturated carbocycles. The fourth-order valence-electron chi connectivity index (χ4n) is 3.70. The summed E-state index contributed by atoms with van der Waals surface area (Å²) in [5, 5.41) is 1.34. The fourth-order valence-corrected chi connectivity index (χ4v) is 4.80. The molecule has 30 heavy (non-hydrogen) atoms. The first-order valence-corrected chi connectivity index (χ1v) is 10.5. The van der Waals surface area contributed by atoms with Gasteiger partial charge in [0.1, 0.15) is 5.58 Å². The number of nitrogens with zero attached hydrogens (tertiary/aromatic N) is 3. The molecule has 0 bridgehead atoms. The summed E-state index contributed by atoms with van der Waals surface area (Å²) in [5.41, 5.74) is 2.67. The van der Waals surface area contributed by atoms with Gasteiger partial charge in [-0.3, -0.25) is 19.5 Å². The van der Waals surface area contributed by atoms with Crippen LogP contribution in [0.5, 0.6) is 0 Å². The van der Waals surface area contributed by atoms with Gasteiger partial charge < -0.3 is 4.42 Å². The molecule has 1 aliphatic rings. The molecule has 8 heteroatoms. The molecule has 1 aromatic carbocycles. The first-order chi connectivity index (χ1) is 14.4. The van der Waals surface area contributed by atoms with Crippen molar-refractivity contribution in [2.24, 2.45) is 0 Å². The highest BCUT2D eigenvalue weighted by Gasteiger charge is 2.45. The highest BCUT2D eigenvalue weighted by molar-refractivity contribution is 7.15. The van der Waals surface area contributed by atoms with E-state index in [0.717, 1.165) is 16.1 Å². The van der Waals surface area contributed by atoms with E-state index in [1.165, 1.54) is 16.2 Å². The van der Waals surface area contributed by atoms with Gasteiger partial charge in [-0.25, -0.2) is 4.98 Å². The Bertz CT molecular complexity index is 1380. The molecule has 0 unspecified atom stereocenters. The van der Waals surface area contributed by atoms with Gasteiger partial charge in [-0.15, -0.1) is 11.3 Å². The van der Waals surface area contributed by atoms with Crippen molar-refractivity contribution in [3.05, 3.63) is 84.9 Å². The van der Waals surface area contributed by atoms with Gasteiger partial charge in [0.15, 0.2) is 10.6 Å². The Kier molecular flexibility index (Phi) is 4.27. The Morgan fingerprint density at radius 1 is 1.20 bits per heavy atom. The highest BCUT2D eigenvalue weighted by Crippen LogP contribution is 2.43. The van der Waals surface area contributed by atoms with Gasteiger partial charge in [-0.1, -0.05) is 17.7 Å². The van der Waals surface area contributed by atoms with Crippen molar-refractivity contribution < 1.29 is 9.21 Å². The number of rotatable bonds is 2. The maximum absolute atomic E-state index is 13.5. The zero-order valence-corrected chi connectivity index (χ0v) is 18.0. The van der Waals surface area contributed by atoms with E-state index in [4.69, 9.17) is 16.0 Å². The summed E-state index contributed by atoms with van der Waals surface area (Å²) >= 11 is 7.67. The molecule has 1 amide bonds. The number of hydrogen-bond acceptors (Lipinski definition) is 6. The summed E-state index contributed by atoms with van der Waals surface area (Å²) in [4.78, 5) is 38.3. The van der Waals surface area contributed by atoms with E-state index in [1.807, 2.05) is 26.8 Å². The minimum atomic E-state index is -0.674. The molecular formula is C22H16ClN3O3S. The summed E-state index contributed by atoms with van der Waals surface area (Å²) in [6.45, 7) is 5.67. The first-order valence-electron chi connectivity index (χ1n) is 9.31. The van der Waals surface area contributed by atoms with Crippen molar-refractivity contribution in [2.75, 3.05) is 4.90 Å². The topological polar surface area (TPSA) is 76.3 Å². The Morgan fingerprint density at radius 2 is 2.00 bits per heavy atom. The molecule has 1 atom stereocenters. The number of halogens is 1. The number of aryl methyl sites for hydroxylation is 3. The molecule has 4 heterocycles. The van der Waals surface area contributed by atoms with Gasteiger partial charge in [-0.05, 0) is 50.1 Å². The van der Waals surface area contributed by atoms with Gasteiger partial charge in [0.2, 0.25) is 5.76 Å². The Balaban J connectivity index is 1.84. The smallest absolute Gasteiger partial charge is 0.297 e. The van der Waals surface area contributed by atoms with Crippen molar-refractivity contribution in [1.82, 2.24) is 9.97 Å². The summed E-state index contributed by atoms with van der Waals surface area (Å²) in [6, 6.07) is 6.23. The van der Waals surface area contributed by atoms with Gasteiger partial charge in [0, 0.05) is 22.3 Å². The zero-order chi connectivity index (χ0) is 21.2. The third-order valence-corrected chi connectivity index (χ3v) is 6.85. The average Bonchev–Trinajstić information content (AvgIpc) is 3.21. The van der Waals surface area contributed by atoms with Crippen LogP contribution in [0.4, 0.5) is 5.13 Å². The lowest BCUT2D eigenvalue weighted by atomic mass is 10.00. The maximum Gasteiger partial charge on any atom is 0.297 e. The van der Waals surface area contributed by atoms with Gasteiger partial charge >= 0.3 is 0 Å². The second-order valence-corrected chi connectivity index (χ2v) is 8.86. The lowest BCUT2D eigenvalue weighted by Gasteiger charge is -2.22. The minimum Gasteiger partial charge on any atom is -0.450 e. The van der Waals surface area contributed by atoms with E-state index in [1.54, 1.807) is 30.6 Å². The molecule has 0 aliphatic carbocycles. The number of anilines is 1. The van der Waals surface area contributed by atoms with Crippen LogP contribution in [0.1, 0.15) is 43.9 Å². The number of carbonyl (C=O) groups excluding carboxylic acids is 1. The molecule has 6 nitrogen and oxygen atoms in total. The first kappa shape index (κ1) is 19.0. The third kappa shape index (κ3) is 2.69. The van der Waals surface area contributed by atoms with Crippen LogP contribution in [0.25, 0.3) is 11.0 Å². The quantitative estimate of drug-likeness (QED) is 0.442. The molecule has 150 valence electrons. The van der Waals surface area contributed by atoms with Crippen molar-refractivity contribution in [2.45, 2.75) is 26.8 Å². The number of thiazole rings is 1. The normalized spacial score (nSPS) is 15.8. The second-order valence-electron chi connectivity index (χ2n) is 7.27. The van der Waals surface area contributed by atoms with Gasteiger partial charge in [-0.2, -0.15) is 0 Å². The number of carbonyl (C=O) groups is 1. The van der Waals surface area contributed by atoms with E-state index in [9.17, 15) is 9.59 Å². The molecule has 5 rings (SSSR count). The lowest BCUT2D eigenvalue weighted by Crippen LogP contribution is -2.29. The maximum atomic E-state index is 13.5. The molecule has 0 saturated heterocycles. The molecule has 0 spiro atoms. The largest absolute Gasteiger partial charge is 0.450 e. The molecule has 3 aromatic heterocycles. The lowest BCUT2D eigenvalue weighted by molar-refractivity contribution is 0.0971. The molecule has 0 N–H and O–H groups in total. The van der Waals surface area contributed by atoms with E-state index >= 15 is 0 Å². The number of benzene rings is 1. The molecule has 0 radical (unpaired) electrons. The summed E-state index contributed by atoms with van der Waals surface area (Å²) in [5.74, 6) is -0.354. The Labute approximate surface area is 180 Å². The van der Waals surface area contributed by atoms with E-state index in [-0.39, 0.29) is 22.7 Å². The second kappa shape index (κ2) is 6.75. The Morgan fingerprint density at radius 3 is 2.67 bits per heavy atom. The standard InChI is InChI=1S/C22H16ClN3O3S/c1-10-7-16-14(8-15(10)23)19(27)17-18(13-5-4-6-24-9-13)26(21(28)20(17)29-16)22-25-11(2)12(3)30-22/h4-9,18H,1-3H3/t18-/m0/s1. The van der Waals surface area contributed by atoms with Crippen LogP contribution in [0.15, 0.2) is 45.9 Å². The fraction of sp³-hybridized carbons (Fsp3) is 0.182. The molecule has 0 fully saturated rings. The predicted octanol–water partition coefficient (Wildman–Crippen LogP) is 4.97. The SMILES string of the molecule is Cc1cc2oc3c(c(=O)c2cc1Cl)[C@H](c1cccnc1)N(c1nc(C)c(C)s1)C3=O. The number of fused-ring (bicyclic) bond motifs is 2. The average molecular weight is 438 g/mol. The highest BCUT2D eigenvalue weighted by atomic mass is 35.5. The van der Waals surface area contributed by atoms with Crippen LogP contribution in [-0.4, -0.2) is 15.9 Å². The number of amides is 1. The van der Waals surface area contributed by atoms with Crippen LogP contribution < -0.4 is 10.3 Å². The summed E-state index contributed by atoms with van der Waals surface area (Å²) in [7, 11) is 0. The van der Waals surface area contributed by atoms with Crippen molar-refractivity contribution in [3.8, 4) is 0 Å². The molecule has 1 aliphatic heterocycles. The number of hydrogen-bond donors (Lipinski definition) is 0. The minimum absolute atomic E-state index is 0.0357. The number of aromatic nitrogens is 2. The van der Waals surface area contributed by atoms with E-state index in [0.29, 0.717) is 26.7 Å². The van der Waals surface area contributed by atoms with Crippen LogP contribution in [0.2, 0.25) is 5.02 Å². The zero-order valence-electron chi connectivity index (χ0n) is 16.4.